The first kappa shape index (κ1) is 18.9. The first-order valence-corrected chi connectivity index (χ1v) is 9.20. The number of ether oxygens (including phenoxy) is 1. The van der Waals surface area contributed by atoms with Gasteiger partial charge in [-0.2, -0.15) is 0 Å². The molecule has 3 rings (SSSR count). The third-order valence-corrected chi connectivity index (χ3v) is 4.94. The van der Waals surface area contributed by atoms with Crippen molar-refractivity contribution in [3.63, 3.8) is 0 Å². The van der Waals surface area contributed by atoms with Crippen LogP contribution in [-0.4, -0.2) is 29.1 Å². The molecule has 0 aliphatic rings. The number of hydrogen-bond donors (Lipinski definition) is 3. The highest BCUT2D eigenvalue weighted by Gasteiger charge is 2.15. The molecule has 1 aromatic heterocycles. The Morgan fingerprint density at radius 1 is 1.26 bits per heavy atom. The van der Waals surface area contributed by atoms with E-state index in [0.717, 1.165) is 21.5 Å². The van der Waals surface area contributed by atoms with Gasteiger partial charge >= 0.3 is 0 Å². The number of nitrogens with zero attached hydrogens (tertiary/aromatic N) is 2. The van der Waals surface area contributed by atoms with Crippen molar-refractivity contribution in [2.45, 2.75) is 13.8 Å². The summed E-state index contributed by atoms with van der Waals surface area (Å²) < 4.78 is 6.17. The van der Waals surface area contributed by atoms with Crippen molar-refractivity contribution in [1.29, 1.82) is 0 Å². The molecule has 3 aromatic rings. The van der Waals surface area contributed by atoms with Gasteiger partial charge in [0.15, 0.2) is 5.69 Å². The quantitative estimate of drug-likeness (QED) is 0.475. The van der Waals surface area contributed by atoms with E-state index >= 15 is 0 Å². The van der Waals surface area contributed by atoms with Gasteiger partial charge in [0.2, 0.25) is 5.88 Å². The number of aryl methyl sites for hydroxylation is 1. The minimum Gasteiger partial charge on any atom is -0.494 e. The first-order chi connectivity index (χ1) is 13.0. The maximum Gasteiger partial charge on any atom is 0.283 e. The van der Waals surface area contributed by atoms with Crippen molar-refractivity contribution in [2.24, 2.45) is 10.2 Å². The summed E-state index contributed by atoms with van der Waals surface area (Å²) >= 11 is 3.49. The average molecular weight is 431 g/mol. The lowest BCUT2D eigenvalue weighted by molar-refractivity contribution is -0.116. The summed E-state index contributed by atoms with van der Waals surface area (Å²) in [5.74, 6) is 0.179. The van der Waals surface area contributed by atoms with E-state index in [2.05, 4.69) is 36.5 Å². The van der Waals surface area contributed by atoms with Gasteiger partial charge in [-0.05, 0) is 65.7 Å². The predicted octanol–water partition coefficient (Wildman–Crippen LogP) is 5.07. The number of aromatic nitrogens is 1. The molecule has 1 amide bonds. The van der Waals surface area contributed by atoms with Crippen LogP contribution in [0.25, 0.3) is 10.9 Å². The Kier molecular flexibility index (Phi) is 5.75. The summed E-state index contributed by atoms with van der Waals surface area (Å²) in [6, 6.07) is 11.0. The van der Waals surface area contributed by atoms with Gasteiger partial charge in [0.1, 0.15) is 5.75 Å². The number of aromatic hydroxyl groups is 1. The number of nitrogens with one attached hydrogen (secondary N) is 2. The number of rotatable bonds is 6. The molecule has 1 heterocycles. The van der Waals surface area contributed by atoms with Crippen LogP contribution in [0.2, 0.25) is 0 Å². The lowest BCUT2D eigenvalue weighted by atomic mass is 10.1. The highest BCUT2D eigenvalue weighted by molar-refractivity contribution is 9.10. The van der Waals surface area contributed by atoms with Crippen molar-refractivity contribution < 1.29 is 14.6 Å². The Morgan fingerprint density at radius 2 is 2.00 bits per heavy atom. The van der Waals surface area contributed by atoms with E-state index in [1.165, 1.54) is 0 Å². The fourth-order valence-electron chi connectivity index (χ4n) is 2.57. The predicted molar refractivity (Wildman–Crippen MR) is 108 cm³/mol. The SMILES string of the molecule is CCOc1ccc(NCC(=O)N=Nc2c(O)[nH]c3ccc(C)c(Br)c23)cc1. The second-order valence-electron chi connectivity index (χ2n) is 5.85. The van der Waals surface area contributed by atoms with E-state index in [9.17, 15) is 9.90 Å². The van der Waals surface area contributed by atoms with Gasteiger partial charge in [-0.25, -0.2) is 0 Å². The van der Waals surface area contributed by atoms with E-state index in [1.807, 2.05) is 50.2 Å². The number of carbonyl (C=O) groups excluding carboxylic acids is 1. The molecule has 0 saturated carbocycles. The zero-order valence-corrected chi connectivity index (χ0v) is 16.5. The van der Waals surface area contributed by atoms with Crippen LogP contribution in [0.4, 0.5) is 11.4 Å². The number of amides is 1. The molecule has 0 spiro atoms. The Morgan fingerprint density at radius 3 is 2.70 bits per heavy atom. The van der Waals surface area contributed by atoms with E-state index in [1.54, 1.807) is 0 Å². The van der Waals surface area contributed by atoms with Crippen LogP contribution in [0.5, 0.6) is 11.6 Å². The summed E-state index contributed by atoms with van der Waals surface area (Å²) in [5.41, 5.74) is 2.70. The highest BCUT2D eigenvalue weighted by Crippen LogP contribution is 2.41. The molecule has 0 saturated heterocycles. The molecule has 0 radical (unpaired) electrons. The second kappa shape index (κ2) is 8.22. The summed E-state index contributed by atoms with van der Waals surface area (Å²) in [5, 5.41) is 21.4. The van der Waals surface area contributed by atoms with Gasteiger partial charge in [-0.3, -0.25) is 4.79 Å². The van der Waals surface area contributed by atoms with Gasteiger partial charge in [-0.15, -0.1) is 10.2 Å². The average Bonchev–Trinajstić information content (AvgIpc) is 2.99. The van der Waals surface area contributed by atoms with Gasteiger partial charge in [0, 0.05) is 15.5 Å². The molecule has 140 valence electrons. The largest absolute Gasteiger partial charge is 0.494 e. The zero-order valence-electron chi connectivity index (χ0n) is 14.9. The summed E-state index contributed by atoms with van der Waals surface area (Å²) in [6.45, 7) is 4.43. The Bertz CT molecular complexity index is 996. The maximum absolute atomic E-state index is 12.0. The number of fused-ring (bicyclic) bond motifs is 1. The van der Waals surface area contributed by atoms with Crippen LogP contribution >= 0.6 is 15.9 Å². The van der Waals surface area contributed by atoms with E-state index in [-0.39, 0.29) is 18.1 Å². The lowest BCUT2D eigenvalue weighted by Crippen LogP contribution is -2.10. The molecule has 0 unspecified atom stereocenters. The number of carbonyl (C=O) groups is 1. The fourth-order valence-corrected chi connectivity index (χ4v) is 3.11. The number of azo groups is 1. The summed E-state index contributed by atoms with van der Waals surface area (Å²) in [6.07, 6.45) is 0. The smallest absolute Gasteiger partial charge is 0.283 e. The molecule has 0 aliphatic carbocycles. The van der Waals surface area contributed by atoms with Crippen LogP contribution in [-0.2, 0) is 4.79 Å². The number of benzene rings is 2. The monoisotopic (exact) mass is 430 g/mol. The van der Waals surface area contributed by atoms with Crippen molar-refractivity contribution >= 4 is 44.1 Å². The molecule has 3 N–H and O–H groups in total. The Labute approximate surface area is 164 Å². The molecule has 8 heteroatoms. The topological polar surface area (TPSA) is 99.1 Å². The van der Waals surface area contributed by atoms with Crippen molar-refractivity contribution in [3.05, 3.63) is 46.4 Å². The minimum absolute atomic E-state index is 0.0131. The van der Waals surface area contributed by atoms with E-state index in [4.69, 9.17) is 4.74 Å². The van der Waals surface area contributed by atoms with E-state index < -0.39 is 5.91 Å². The fraction of sp³-hybridized carbons (Fsp3) is 0.211. The van der Waals surface area contributed by atoms with E-state index in [0.29, 0.717) is 17.5 Å². The molecule has 27 heavy (non-hydrogen) atoms. The third kappa shape index (κ3) is 4.28. The van der Waals surface area contributed by atoms with Crippen molar-refractivity contribution in [2.75, 3.05) is 18.5 Å². The standard InChI is InChI=1S/C19H19BrN4O3/c1-3-27-13-7-5-12(6-8-13)21-10-15(25)23-24-18-16-14(22-19(18)26)9-4-11(2)17(16)20/h4-9,21-22,26H,3,10H2,1-2H3. The maximum atomic E-state index is 12.0. The van der Waals surface area contributed by atoms with Gasteiger partial charge in [-0.1, -0.05) is 6.07 Å². The van der Waals surface area contributed by atoms with Crippen LogP contribution in [0.15, 0.2) is 51.1 Å². The number of aromatic amines is 1. The number of halogens is 1. The molecule has 7 nitrogen and oxygen atoms in total. The number of H-pyrrole nitrogens is 1. The Hall–Kier alpha value is -2.87. The number of anilines is 1. The molecule has 0 bridgehead atoms. The highest BCUT2D eigenvalue weighted by atomic mass is 79.9. The number of hydrogen-bond acceptors (Lipinski definition) is 5. The van der Waals surface area contributed by atoms with Crippen molar-refractivity contribution in [3.8, 4) is 11.6 Å². The van der Waals surface area contributed by atoms with Gasteiger partial charge in [0.05, 0.1) is 18.7 Å². The zero-order chi connectivity index (χ0) is 19.4. The van der Waals surface area contributed by atoms with Gasteiger partial charge in [0.25, 0.3) is 5.91 Å². The lowest BCUT2D eigenvalue weighted by Gasteiger charge is -2.06. The normalized spacial score (nSPS) is 11.2. The molecule has 2 aromatic carbocycles. The summed E-state index contributed by atoms with van der Waals surface area (Å²) in [7, 11) is 0. The molecule has 0 fully saturated rings. The molecular formula is C19H19BrN4O3. The van der Waals surface area contributed by atoms with Crippen LogP contribution in [0.1, 0.15) is 12.5 Å². The third-order valence-electron chi connectivity index (χ3n) is 3.92. The van der Waals surface area contributed by atoms with Crippen molar-refractivity contribution in [1.82, 2.24) is 4.98 Å². The molecular weight excluding hydrogens is 412 g/mol. The first-order valence-electron chi connectivity index (χ1n) is 8.40. The summed E-state index contributed by atoms with van der Waals surface area (Å²) in [4.78, 5) is 14.9. The Balaban J connectivity index is 1.69. The van der Waals surface area contributed by atoms with Crippen LogP contribution in [0.3, 0.4) is 0 Å². The van der Waals surface area contributed by atoms with Crippen LogP contribution in [0, 0.1) is 6.92 Å². The molecule has 0 aliphatic heterocycles. The second-order valence-corrected chi connectivity index (χ2v) is 6.64. The molecule has 0 atom stereocenters. The minimum atomic E-state index is -0.457. The van der Waals surface area contributed by atoms with Gasteiger partial charge < -0.3 is 20.1 Å². The van der Waals surface area contributed by atoms with Crippen LogP contribution < -0.4 is 10.1 Å².